The summed E-state index contributed by atoms with van der Waals surface area (Å²) in [6.07, 6.45) is 0. The molecule has 1 aromatic carbocycles. The molecule has 0 aliphatic carbocycles. The van der Waals surface area contributed by atoms with E-state index in [1.807, 2.05) is 0 Å². The van der Waals surface area contributed by atoms with Crippen LogP contribution in [0, 0.1) is 5.82 Å². The first-order valence-electron chi connectivity index (χ1n) is 5.38. The van der Waals surface area contributed by atoms with Crippen LogP contribution in [-0.2, 0) is 0 Å². The van der Waals surface area contributed by atoms with Gasteiger partial charge in [-0.2, -0.15) is 4.52 Å². The van der Waals surface area contributed by atoms with Crippen molar-refractivity contribution in [2.24, 2.45) is 0 Å². The van der Waals surface area contributed by atoms with Crippen LogP contribution in [-0.4, -0.2) is 14.6 Å². The van der Waals surface area contributed by atoms with Crippen LogP contribution in [0.2, 0.25) is 0 Å². The summed E-state index contributed by atoms with van der Waals surface area (Å²) < 4.78 is 15.7. The van der Waals surface area contributed by atoms with E-state index in [2.05, 4.69) is 26.0 Å². The van der Waals surface area contributed by atoms with Crippen LogP contribution in [0.1, 0.15) is 0 Å². The Balaban J connectivity index is 2.31. The average molecular weight is 323 g/mol. The predicted molar refractivity (Wildman–Crippen MR) is 73.3 cm³/mol. The molecule has 0 radical (unpaired) electrons. The molecular weight excluding hydrogens is 315 g/mol. The van der Waals surface area contributed by atoms with Crippen LogP contribution in [0.4, 0.5) is 10.2 Å². The van der Waals surface area contributed by atoms with Gasteiger partial charge in [0.15, 0.2) is 5.65 Å². The zero-order chi connectivity index (χ0) is 13.6. The second kappa shape index (κ2) is 4.20. The molecule has 0 amide bonds. The lowest BCUT2D eigenvalue weighted by atomic mass is 10.1. The Bertz CT molecular complexity index is 839. The SMILES string of the molecule is Nc1cc2nc(-c3cc(Br)ccc3F)cc(=O)n2[nH]1. The van der Waals surface area contributed by atoms with Crippen molar-refractivity contribution in [3.05, 3.63) is 51.0 Å². The Kier molecular flexibility index (Phi) is 2.63. The van der Waals surface area contributed by atoms with Gasteiger partial charge in [-0.05, 0) is 18.2 Å². The lowest BCUT2D eigenvalue weighted by molar-refractivity contribution is 0.630. The van der Waals surface area contributed by atoms with Crippen molar-refractivity contribution < 1.29 is 4.39 Å². The molecule has 0 unspecified atom stereocenters. The second-order valence-corrected chi connectivity index (χ2v) is 4.92. The summed E-state index contributed by atoms with van der Waals surface area (Å²) in [6.45, 7) is 0. The zero-order valence-corrected chi connectivity index (χ0v) is 11.1. The third kappa shape index (κ3) is 2.01. The lowest BCUT2D eigenvalue weighted by Crippen LogP contribution is -2.14. The number of aromatic nitrogens is 3. The summed E-state index contributed by atoms with van der Waals surface area (Å²) in [5, 5.41) is 2.65. The maximum Gasteiger partial charge on any atom is 0.273 e. The molecule has 0 saturated heterocycles. The summed E-state index contributed by atoms with van der Waals surface area (Å²) in [5.74, 6) is -0.126. The van der Waals surface area contributed by atoms with E-state index in [4.69, 9.17) is 5.73 Å². The largest absolute Gasteiger partial charge is 0.384 e. The standard InChI is InChI=1S/C12H8BrFN4O/c13-6-1-2-8(14)7(3-6)9-4-12(19)18-11(16-9)5-10(15)17-18/h1-5,17H,15H2. The fourth-order valence-corrected chi connectivity index (χ4v) is 2.20. The summed E-state index contributed by atoms with van der Waals surface area (Å²) in [5.41, 5.74) is 6.09. The molecule has 0 aliphatic heterocycles. The monoisotopic (exact) mass is 322 g/mol. The molecule has 0 fully saturated rings. The lowest BCUT2D eigenvalue weighted by Gasteiger charge is -2.03. The number of hydrogen-bond donors (Lipinski definition) is 2. The Morgan fingerprint density at radius 1 is 1.32 bits per heavy atom. The molecule has 2 heterocycles. The van der Waals surface area contributed by atoms with E-state index in [0.717, 1.165) is 0 Å². The highest BCUT2D eigenvalue weighted by Crippen LogP contribution is 2.24. The molecule has 7 heteroatoms. The third-order valence-electron chi connectivity index (χ3n) is 2.67. The van der Waals surface area contributed by atoms with Crippen LogP contribution < -0.4 is 11.3 Å². The van der Waals surface area contributed by atoms with E-state index >= 15 is 0 Å². The number of hydrogen-bond acceptors (Lipinski definition) is 3. The highest BCUT2D eigenvalue weighted by atomic mass is 79.9. The van der Waals surface area contributed by atoms with E-state index in [-0.39, 0.29) is 16.8 Å². The molecule has 3 aromatic rings. The van der Waals surface area contributed by atoms with Gasteiger partial charge in [0.25, 0.3) is 5.56 Å². The summed E-state index contributed by atoms with van der Waals surface area (Å²) in [4.78, 5) is 16.1. The minimum Gasteiger partial charge on any atom is -0.384 e. The van der Waals surface area contributed by atoms with Gasteiger partial charge in [0.2, 0.25) is 0 Å². The Morgan fingerprint density at radius 3 is 2.89 bits per heavy atom. The van der Waals surface area contributed by atoms with Crippen LogP contribution >= 0.6 is 15.9 Å². The van der Waals surface area contributed by atoms with Crippen LogP contribution in [0.25, 0.3) is 16.9 Å². The number of nitrogens with zero attached hydrogens (tertiary/aromatic N) is 2. The van der Waals surface area contributed by atoms with Crippen molar-refractivity contribution in [1.29, 1.82) is 0 Å². The smallest absolute Gasteiger partial charge is 0.273 e. The van der Waals surface area contributed by atoms with Gasteiger partial charge in [-0.1, -0.05) is 15.9 Å². The second-order valence-electron chi connectivity index (χ2n) is 4.01. The Hall–Kier alpha value is -2.15. The van der Waals surface area contributed by atoms with Gasteiger partial charge < -0.3 is 5.73 Å². The summed E-state index contributed by atoms with van der Waals surface area (Å²) in [7, 11) is 0. The van der Waals surface area contributed by atoms with Gasteiger partial charge in [0.05, 0.1) is 5.69 Å². The molecule has 2 aromatic heterocycles. The third-order valence-corrected chi connectivity index (χ3v) is 3.17. The zero-order valence-electron chi connectivity index (χ0n) is 9.52. The number of halogens is 2. The molecular formula is C12H8BrFN4O. The molecule has 0 saturated carbocycles. The number of nitrogens with one attached hydrogen (secondary N) is 1. The normalized spacial score (nSPS) is 11.1. The van der Waals surface area contributed by atoms with Crippen molar-refractivity contribution >= 4 is 27.4 Å². The van der Waals surface area contributed by atoms with Crippen molar-refractivity contribution in [2.45, 2.75) is 0 Å². The highest BCUT2D eigenvalue weighted by Gasteiger charge is 2.11. The minimum absolute atomic E-state index is 0.258. The van der Waals surface area contributed by atoms with Gasteiger partial charge in [-0.3, -0.25) is 9.89 Å². The predicted octanol–water partition coefficient (Wildman–Crippen LogP) is 2.17. The van der Waals surface area contributed by atoms with Gasteiger partial charge in [-0.15, -0.1) is 0 Å². The maximum absolute atomic E-state index is 13.8. The van der Waals surface area contributed by atoms with Gasteiger partial charge >= 0.3 is 0 Å². The Labute approximate surface area is 115 Å². The molecule has 0 spiro atoms. The summed E-state index contributed by atoms with van der Waals surface area (Å²) >= 11 is 3.26. The fourth-order valence-electron chi connectivity index (χ4n) is 1.84. The first kappa shape index (κ1) is 11.9. The summed E-state index contributed by atoms with van der Waals surface area (Å²) in [6, 6.07) is 7.24. The molecule has 0 aliphatic rings. The molecule has 0 bridgehead atoms. The highest BCUT2D eigenvalue weighted by molar-refractivity contribution is 9.10. The number of rotatable bonds is 1. The van der Waals surface area contributed by atoms with E-state index in [1.54, 1.807) is 12.1 Å². The average Bonchev–Trinajstić information content (AvgIpc) is 2.73. The van der Waals surface area contributed by atoms with Crippen LogP contribution in [0.5, 0.6) is 0 Å². The van der Waals surface area contributed by atoms with Gasteiger partial charge in [-0.25, -0.2) is 9.37 Å². The number of H-pyrrole nitrogens is 1. The first-order valence-corrected chi connectivity index (χ1v) is 6.17. The van der Waals surface area contributed by atoms with E-state index < -0.39 is 5.82 Å². The Morgan fingerprint density at radius 2 is 2.11 bits per heavy atom. The number of nitrogen functional groups attached to an aromatic ring is 1. The number of anilines is 1. The molecule has 19 heavy (non-hydrogen) atoms. The molecule has 0 atom stereocenters. The number of fused-ring (bicyclic) bond motifs is 1. The van der Waals surface area contributed by atoms with E-state index in [9.17, 15) is 9.18 Å². The van der Waals surface area contributed by atoms with Crippen molar-refractivity contribution in [1.82, 2.24) is 14.6 Å². The quantitative estimate of drug-likeness (QED) is 0.721. The fraction of sp³-hybridized carbons (Fsp3) is 0. The first-order chi connectivity index (χ1) is 9.04. The van der Waals surface area contributed by atoms with Gasteiger partial charge in [0.1, 0.15) is 11.6 Å². The molecule has 96 valence electrons. The molecule has 3 rings (SSSR count). The maximum atomic E-state index is 13.8. The number of nitrogens with two attached hydrogens (primary N) is 1. The van der Waals surface area contributed by atoms with Crippen molar-refractivity contribution in [3.63, 3.8) is 0 Å². The van der Waals surface area contributed by atoms with E-state index in [0.29, 0.717) is 15.9 Å². The van der Waals surface area contributed by atoms with Crippen LogP contribution in [0.3, 0.4) is 0 Å². The van der Waals surface area contributed by atoms with Crippen molar-refractivity contribution in [2.75, 3.05) is 5.73 Å². The van der Waals surface area contributed by atoms with Gasteiger partial charge in [0, 0.05) is 22.2 Å². The number of aromatic amines is 1. The molecule has 5 nitrogen and oxygen atoms in total. The van der Waals surface area contributed by atoms with E-state index in [1.165, 1.54) is 22.7 Å². The topological polar surface area (TPSA) is 76.2 Å². The van der Waals surface area contributed by atoms with Crippen LogP contribution in [0.15, 0.2) is 39.6 Å². The van der Waals surface area contributed by atoms with Crippen molar-refractivity contribution in [3.8, 4) is 11.3 Å². The number of benzene rings is 1. The molecule has 3 N–H and O–H groups in total. The minimum atomic E-state index is -0.442.